The number of carbonyl (C=O) groups excluding carboxylic acids is 2. The topological polar surface area (TPSA) is 68.3 Å². The summed E-state index contributed by atoms with van der Waals surface area (Å²) in [6, 6.07) is 16.7. The number of thioether (sulfide) groups is 1. The van der Waals surface area contributed by atoms with Crippen LogP contribution in [0, 0.1) is 0 Å². The lowest BCUT2D eigenvalue weighted by atomic mass is 10.1. The zero-order chi connectivity index (χ0) is 19.1. The van der Waals surface area contributed by atoms with Crippen molar-refractivity contribution in [1.82, 2.24) is 10.3 Å². The highest BCUT2D eigenvalue weighted by Gasteiger charge is 2.22. The molecule has 3 aromatic rings. The Bertz CT molecular complexity index is 879. The Labute approximate surface area is 166 Å². The summed E-state index contributed by atoms with van der Waals surface area (Å²) in [6.07, 6.45) is 0.400. The van der Waals surface area contributed by atoms with Gasteiger partial charge in [0.05, 0.1) is 22.6 Å². The van der Waals surface area contributed by atoms with Crippen molar-refractivity contribution >= 4 is 45.2 Å². The average Bonchev–Trinajstić information content (AvgIpc) is 3.10. The van der Waals surface area contributed by atoms with E-state index in [2.05, 4.69) is 10.3 Å². The summed E-state index contributed by atoms with van der Waals surface area (Å²) in [6.45, 7) is 2.03. The van der Waals surface area contributed by atoms with Gasteiger partial charge in [-0.25, -0.2) is 9.78 Å². The number of carbonyl (C=O) groups is 2. The molecule has 1 N–H and O–H groups in total. The Morgan fingerprint density at radius 2 is 1.89 bits per heavy atom. The van der Waals surface area contributed by atoms with Crippen LogP contribution in [0.2, 0.25) is 0 Å². The van der Waals surface area contributed by atoms with E-state index in [-0.39, 0.29) is 18.3 Å². The number of nitrogens with one attached hydrogen (secondary N) is 1. The third-order valence-electron chi connectivity index (χ3n) is 3.79. The van der Waals surface area contributed by atoms with E-state index in [0.717, 1.165) is 20.1 Å². The lowest BCUT2D eigenvalue weighted by Crippen LogP contribution is -2.44. The fraction of sp³-hybridized carbons (Fsp3) is 0.250. The Hall–Kier alpha value is -2.38. The van der Waals surface area contributed by atoms with E-state index in [1.807, 2.05) is 54.6 Å². The molecule has 0 fully saturated rings. The number of fused-ring (bicyclic) bond motifs is 1. The van der Waals surface area contributed by atoms with Gasteiger partial charge >= 0.3 is 5.97 Å². The van der Waals surface area contributed by atoms with Crippen LogP contribution in [0.4, 0.5) is 0 Å². The molecule has 0 saturated carbocycles. The standard InChI is InChI=1S/C20H20N2O3S2/c1-2-25-19(24)16(12-14-8-4-3-5-9-14)21-18(23)13-26-20-22-15-10-6-7-11-17(15)27-20/h3-11,16H,2,12-13H2,1H3,(H,21,23). The van der Waals surface area contributed by atoms with Gasteiger partial charge in [0.25, 0.3) is 0 Å². The number of hydrogen-bond donors (Lipinski definition) is 1. The summed E-state index contributed by atoms with van der Waals surface area (Å²) < 4.78 is 7.04. The maximum atomic E-state index is 12.4. The van der Waals surface area contributed by atoms with Crippen molar-refractivity contribution < 1.29 is 14.3 Å². The molecule has 0 aliphatic carbocycles. The Kier molecular flexibility index (Phi) is 6.84. The predicted octanol–water partition coefficient (Wildman–Crippen LogP) is 3.68. The summed E-state index contributed by atoms with van der Waals surface area (Å²) >= 11 is 2.93. The minimum Gasteiger partial charge on any atom is -0.464 e. The van der Waals surface area contributed by atoms with Gasteiger partial charge in [-0.05, 0) is 24.6 Å². The quantitative estimate of drug-likeness (QED) is 0.461. The molecule has 27 heavy (non-hydrogen) atoms. The first kappa shape index (κ1) is 19.4. The van der Waals surface area contributed by atoms with Crippen molar-refractivity contribution in [2.24, 2.45) is 0 Å². The molecule has 2 aromatic carbocycles. The molecule has 1 aromatic heterocycles. The molecule has 0 spiro atoms. The van der Waals surface area contributed by atoms with Crippen molar-refractivity contribution in [3.05, 3.63) is 60.2 Å². The van der Waals surface area contributed by atoms with Crippen LogP contribution in [0.1, 0.15) is 12.5 Å². The van der Waals surface area contributed by atoms with Crippen molar-refractivity contribution in [3.8, 4) is 0 Å². The van der Waals surface area contributed by atoms with E-state index < -0.39 is 12.0 Å². The number of amides is 1. The predicted molar refractivity (Wildman–Crippen MR) is 109 cm³/mol. The average molecular weight is 401 g/mol. The monoisotopic (exact) mass is 400 g/mol. The molecule has 1 unspecified atom stereocenters. The molecule has 0 radical (unpaired) electrons. The maximum Gasteiger partial charge on any atom is 0.328 e. The van der Waals surface area contributed by atoms with Crippen LogP contribution in [-0.4, -0.2) is 35.3 Å². The van der Waals surface area contributed by atoms with Gasteiger partial charge < -0.3 is 10.1 Å². The summed E-state index contributed by atoms with van der Waals surface area (Å²) in [4.78, 5) is 29.1. The van der Waals surface area contributed by atoms with Crippen molar-refractivity contribution in [1.29, 1.82) is 0 Å². The zero-order valence-corrected chi connectivity index (χ0v) is 16.5. The van der Waals surface area contributed by atoms with Gasteiger partial charge in [0.2, 0.25) is 5.91 Å². The number of ether oxygens (including phenoxy) is 1. The van der Waals surface area contributed by atoms with Crippen LogP contribution in [0.5, 0.6) is 0 Å². The fourth-order valence-corrected chi connectivity index (χ4v) is 4.44. The van der Waals surface area contributed by atoms with Gasteiger partial charge in [0.15, 0.2) is 4.34 Å². The lowest BCUT2D eigenvalue weighted by Gasteiger charge is -2.17. The molecule has 5 nitrogen and oxygen atoms in total. The molecule has 1 heterocycles. The highest BCUT2D eigenvalue weighted by atomic mass is 32.2. The number of para-hydroxylation sites is 1. The second-order valence-electron chi connectivity index (χ2n) is 5.80. The first-order chi connectivity index (χ1) is 13.2. The van der Waals surface area contributed by atoms with Crippen LogP contribution in [0.25, 0.3) is 10.2 Å². The molecule has 0 saturated heterocycles. The summed E-state index contributed by atoms with van der Waals surface area (Å²) in [5.41, 5.74) is 1.90. The molecular weight excluding hydrogens is 380 g/mol. The Morgan fingerprint density at radius 1 is 1.15 bits per heavy atom. The second kappa shape index (κ2) is 9.53. The molecule has 1 amide bonds. The van der Waals surface area contributed by atoms with E-state index >= 15 is 0 Å². The van der Waals surface area contributed by atoms with E-state index in [1.54, 1.807) is 18.3 Å². The Balaban J connectivity index is 1.60. The SMILES string of the molecule is CCOC(=O)C(Cc1ccccc1)NC(=O)CSc1nc2ccccc2s1. The molecule has 1 atom stereocenters. The van der Waals surface area contributed by atoms with Crippen LogP contribution < -0.4 is 5.32 Å². The number of benzene rings is 2. The molecular formula is C20H20N2O3S2. The van der Waals surface area contributed by atoms with E-state index in [1.165, 1.54) is 11.8 Å². The molecule has 0 aliphatic rings. The first-order valence-corrected chi connectivity index (χ1v) is 10.4. The van der Waals surface area contributed by atoms with Gasteiger partial charge in [-0.15, -0.1) is 11.3 Å². The van der Waals surface area contributed by atoms with Crippen LogP contribution in [0.15, 0.2) is 58.9 Å². The molecule has 3 rings (SSSR count). The highest BCUT2D eigenvalue weighted by Crippen LogP contribution is 2.29. The fourth-order valence-electron chi connectivity index (χ4n) is 2.56. The van der Waals surface area contributed by atoms with Crippen LogP contribution in [0.3, 0.4) is 0 Å². The summed E-state index contributed by atoms with van der Waals surface area (Å²) in [5, 5.41) is 2.80. The van der Waals surface area contributed by atoms with E-state index in [0.29, 0.717) is 6.42 Å². The van der Waals surface area contributed by atoms with E-state index in [4.69, 9.17) is 4.74 Å². The number of rotatable bonds is 8. The third kappa shape index (κ3) is 5.55. The minimum atomic E-state index is -0.698. The molecule has 0 bridgehead atoms. The van der Waals surface area contributed by atoms with Crippen molar-refractivity contribution in [3.63, 3.8) is 0 Å². The van der Waals surface area contributed by atoms with Gasteiger partial charge in [-0.1, -0.05) is 54.2 Å². The molecule has 140 valence electrons. The highest BCUT2D eigenvalue weighted by molar-refractivity contribution is 8.01. The first-order valence-electron chi connectivity index (χ1n) is 8.64. The van der Waals surface area contributed by atoms with Crippen LogP contribution in [-0.2, 0) is 20.7 Å². The number of hydrogen-bond acceptors (Lipinski definition) is 6. The lowest BCUT2D eigenvalue weighted by molar-refractivity contribution is -0.147. The number of thiazole rings is 1. The van der Waals surface area contributed by atoms with E-state index in [9.17, 15) is 9.59 Å². The minimum absolute atomic E-state index is 0.199. The number of esters is 1. The largest absolute Gasteiger partial charge is 0.464 e. The molecule has 0 aliphatic heterocycles. The zero-order valence-electron chi connectivity index (χ0n) is 14.9. The number of nitrogens with zero attached hydrogens (tertiary/aromatic N) is 1. The third-order valence-corrected chi connectivity index (χ3v) is 5.97. The Morgan fingerprint density at radius 3 is 2.63 bits per heavy atom. The number of aromatic nitrogens is 1. The van der Waals surface area contributed by atoms with Crippen LogP contribution >= 0.6 is 23.1 Å². The van der Waals surface area contributed by atoms with Gasteiger partial charge in [0.1, 0.15) is 6.04 Å². The maximum absolute atomic E-state index is 12.4. The van der Waals surface area contributed by atoms with Crippen molar-refractivity contribution in [2.75, 3.05) is 12.4 Å². The normalized spacial score (nSPS) is 11.9. The smallest absolute Gasteiger partial charge is 0.328 e. The van der Waals surface area contributed by atoms with Gasteiger partial charge in [0, 0.05) is 6.42 Å². The second-order valence-corrected chi connectivity index (χ2v) is 8.05. The molecule has 7 heteroatoms. The summed E-state index contributed by atoms with van der Waals surface area (Å²) in [7, 11) is 0. The van der Waals surface area contributed by atoms with Gasteiger partial charge in [-0.2, -0.15) is 0 Å². The van der Waals surface area contributed by atoms with Gasteiger partial charge in [-0.3, -0.25) is 4.79 Å². The van der Waals surface area contributed by atoms with Crippen molar-refractivity contribution in [2.45, 2.75) is 23.7 Å². The summed E-state index contributed by atoms with van der Waals surface area (Å²) in [5.74, 6) is -0.433.